The standard InChI is InChI=1S/C13H15N3O3S/c1-14-13(17)9-16(2)20(18,19)12-5-3-4-10-8-15-7-6-11(10)12/h3-8H,9H2,1-2H3,(H,14,17). The van der Waals surface area contributed by atoms with Crippen LogP contribution in [0.4, 0.5) is 0 Å². The molecule has 1 aromatic heterocycles. The first-order chi connectivity index (χ1) is 9.46. The van der Waals surface area contributed by atoms with Crippen molar-refractivity contribution in [3.63, 3.8) is 0 Å². The monoisotopic (exact) mass is 293 g/mol. The van der Waals surface area contributed by atoms with Gasteiger partial charge < -0.3 is 5.32 Å². The fraction of sp³-hybridized carbons (Fsp3) is 0.231. The Balaban J connectivity index is 2.49. The molecule has 2 rings (SSSR count). The molecule has 0 radical (unpaired) electrons. The van der Waals surface area contributed by atoms with Gasteiger partial charge in [-0.2, -0.15) is 4.31 Å². The second-order valence-corrected chi connectivity index (χ2v) is 6.30. The fourth-order valence-electron chi connectivity index (χ4n) is 1.85. The first-order valence-electron chi connectivity index (χ1n) is 5.96. The van der Waals surface area contributed by atoms with Gasteiger partial charge in [0, 0.05) is 37.3 Å². The summed E-state index contributed by atoms with van der Waals surface area (Å²) in [6.07, 6.45) is 3.15. The summed E-state index contributed by atoms with van der Waals surface area (Å²) < 4.78 is 26.1. The Morgan fingerprint density at radius 3 is 2.80 bits per heavy atom. The summed E-state index contributed by atoms with van der Waals surface area (Å²) in [4.78, 5) is 15.5. The smallest absolute Gasteiger partial charge is 0.243 e. The molecule has 0 unspecified atom stereocenters. The highest BCUT2D eigenvalue weighted by Crippen LogP contribution is 2.24. The van der Waals surface area contributed by atoms with Crippen LogP contribution in [0.15, 0.2) is 41.6 Å². The zero-order valence-corrected chi connectivity index (χ0v) is 12.0. The fourth-order valence-corrected chi connectivity index (χ4v) is 3.19. The van der Waals surface area contributed by atoms with Crippen molar-refractivity contribution in [3.8, 4) is 0 Å². The molecule has 1 N–H and O–H groups in total. The van der Waals surface area contributed by atoms with E-state index in [1.807, 2.05) is 0 Å². The van der Waals surface area contributed by atoms with E-state index >= 15 is 0 Å². The van der Waals surface area contributed by atoms with Crippen LogP contribution in [0.25, 0.3) is 10.8 Å². The van der Waals surface area contributed by atoms with Gasteiger partial charge in [-0.15, -0.1) is 0 Å². The number of hydrogen-bond acceptors (Lipinski definition) is 4. The number of fused-ring (bicyclic) bond motifs is 1. The molecule has 0 saturated carbocycles. The molecule has 7 heteroatoms. The van der Waals surface area contributed by atoms with Gasteiger partial charge in [0.25, 0.3) is 0 Å². The molecule has 2 aromatic rings. The number of likely N-dealkylation sites (N-methyl/N-ethyl adjacent to an activating group) is 2. The Morgan fingerprint density at radius 1 is 1.35 bits per heavy atom. The predicted molar refractivity (Wildman–Crippen MR) is 75.6 cm³/mol. The highest BCUT2D eigenvalue weighted by Gasteiger charge is 2.24. The van der Waals surface area contributed by atoms with E-state index in [9.17, 15) is 13.2 Å². The third-order valence-corrected chi connectivity index (χ3v) is 4.84. The highest BCUT2D eigenvalue weighted by atomic mass is 32.2. The molecule has 1 aromatic carbocycles. The minimum atomic E-state index is -3.73. The SMILES string of the molecule is CNC(=O)CN(C)S(=O)(=O)c1cccc2cnccc12. The van der Waals surface area contributed by atoms with Gasteiger partial charge in [0.05, 0.1) is 11.4 Å². The second-order valence-electron chi connectivity index (χ2n) is 4.29. The summed E-state index contributed by atoms with van der Waals surface area (Å²) in [5.41, 5.74) is 0. The van der Waals surface area contributed by atoms with Crippen LogP contribution in [0.2, 0.25) is 0 Å². The van der Waals surface area contributed by atoms with E-state index in [0.29, 0.717) is 5.39 Å². The number of sulfonamides is 1. The molecule has 0 aliphatic carbocycles. The number of rotatable bonds is 4. The summed E-state index contributed by atoms with van der Waals surface area (Å²) in [6.45, 7) is -0.222. The van der Waals surface area contributed by atoms with E-state index in [-0.39, 0.29) is 17.3 Å². The van der Waals surface area contributed by atoms with Crippen LogP contribution >= 0.6 is 0 Å². The van der Waals surface area contributed by atoms with Gasteiger partial charge in [0.15, 0.2) is 0 Å². The first-order valence-corrected chi connectivity index (χ1v) is 7.40. The van der Waals surface area contributed by atoms with Gasteiger partial charge in [-0.25, -0.2) is 8.42 Å². The lowest BCUT2D eigenvalue weighted by molar-refractivity contribution is -0.120. The summed E-state index contributed by atoms with van der Waals surface area (Å²) in [5, 5.41) is 3.73. The molecule has 1 heterocycles. The minimum Gasteiger partial charge on any atom is -0.358 e. The Kier molecular flexibility index (Phi) is 4.01. The number of nitrogens with zero attached hydrogens (tertiary/aromatic N) is 2. The van der Waals surface area contributed by atoms with Crippen LogP contribution in [0.5, 0.6) is 0 Å². The predicted octanol–water partition coefficient (Wildman–Crippen LogP) is 0.601. The van der Waals surface area contributed by atoms with E-state index in [2.05, 4.69) is 10.3 Å². The average Bonchev–Trinajstić information content (AvgIpc) is 2.46. The number of pyridine rings is 1. The van der Waals surface area contributed by atoms with Crippen molar-refractivity contribution < 1.29 is 13.2 Å². The third kappa shape index (κ3) is 2.63. The maximum atomic E-state index is 12.5. The molecule has 20 heavy (non-hydrogen) atoms. The first kappa shape index (κ1) is 14.4. The number of aromatic nitrogens is 1. The molecule has 106 valence electrons. The van der Waals surface area contributed by atoms with Gasteiger partial charge in [0.2, 0.25) is 15.9 Å². The Hall–Kier alpha value is -1.99. The van der Waals surface area contributed by atoms with Gasteiger partial charge >= 0.3 is 0 Å². The van der Waals surface area contributed by atoms with E-state index in [1.165, 1.54) is 20.2 Å². The second kappa shape index (κ2) is 5.56. The number of hydrogen-bond donors (Lipinski definition) is 1. The minimum absolute atomic E-state index is 0.170. The van der Waals surface area contributed by atoms with E-state index in [4.69, 9.17) is 0 Å². The van der Waals surface area contributed by atoms with Crippen molar-refractivity contribution >= 4 is 26.7 Å². The van der Waals surface area contributed by atoms with Crippen LogP contribution < -0.4 is 5.32 Å². The summed E-state index contributed by atoms with van der Waals surface area (Å²) in [6, 6.07) is 6.62. The number of benzene rings is 1. The lowest BCUT2D eigenvalue weighted by Gasteiger charge is -2.17. The zero-order chi connectivity index (χ0) is 14.8. The third-order valence-electron chi connectivity index (χ3n) is 2.97. The summed E-state index contributed by atoms with van der Waals surface area (Å²) >= 11 is 0. The average molecular weight is 293 g/mol. The Labute approximate surface area is 117 Å². The van der Waals surface area contributed by atoms with E-state index < -0.39 is 10.0 Å². The molecular formula is C13H15N3O3S. The van der Waals surface area contributed by atoms with Crippen LogP contribution in [-0.4, -0.2) is 44.3 Å². The van der Waals surface area contributed by atoms with Crippen LogP contribution in [-0.2, 0) is 14.8 Å². The van der Waals surface area contributed by atoms with Crippen molar-refractivity contribution in [3.05, 3.63) is 36.7 Å². The largest absolute Gasteiger partial charge is 0.358 e. The lowest BCUT2D eigenvalue weighted by Crippen LogP contribution is -2.36. The van der Waals surface area contributed by atoms with Crippen molar-refractivity contribution in [2.24, 2.45) is 0 Å². The zero-order valence-electron chi connectivity index (χ0n) is 11.2. The number of nitrogens with one attached hydrogen (secondary N) is 1. The summed E-state index contributed by atoms with van der Waals surface area (Å²) in [7, 11) is -0.882. The van der Waals surface area contributed by atoms with Crippen LogP contribution in [0.3, 0.4) is 0 Å². The van der Waals surface area contributed by atoms with Crippen molar-refractivity contribution in [1.82, 2.24) is 14.6 Å². The molecule has 0 spiro atoms. The number of amides is 1. The topological polar surface area (TPSA) is 79.4 Å². The molecule has 0 aliphatic heterocycles. The number of carbonyl (C=O) groups excluding carboxylic acids is 1. The maximum Gasteiger partial charge on any atom is 0.243 e. The highest BCUT2D eigenvalue weighted by molar-refractivity contribution is 7.89. The molecular weight excluding hydrogens is 278 g/mol. The number of carbonyl (C=O) groups is 1. The molecule has 1 amide bonds. The normalized spacial score (nSPS) is 11.8. The molecule has 0 atom stereocenters. The summed E-state index contributed by atoms with van der Waals surface area (Å²) in [5.74, 6) is -0.363. The molecule has 0 bridgehead atoms. The van der Waals surface area contributed by atoms with Gasteiger partial charge in [-0.1, -0.05) is 12.1 Å². The van der Waals surface area contributed by atoms with Crippen LogP contribution in [0.1, 0.15) is 0 Å². The maximum absolute atomic E-state index is 12.5. The Morgan fingerprint density at radius 2 is 2.10 bits per heavy atom. The molecule has 6 nitrogen and oxygen atoms in total. The van der Waals surface area contributed by atoms with Crippen molar-refractivity contribution in [1.29, 1.82) is 0 Å². The lowest BCUT2D eigenvalue weighted by atomic mass is 10.2. The van der Waals surface area contributed by atoms with Gasteiger partial charge in [-0.05, 0) is 12.1 Å². The van der Waals surface area contributed by atoms with Gasteiger partial charge in [0.1, 0.15) is 0 Å². The van der Waals surface area contributed by atoms with Crippen LogP contribution in [0, 0.1) is 0 Å². The van der Waals surface area contributed by atoms with Gasteiger partial charge in [-0.3, -0.25) is 9.78 Å². The van der Waals surface area contributed by atoms with E-state index in [1.54, 1.807) is 30.6 Å². The van der Waals surface area contributed by atoms with E-state index in [0.717, 1.165) is 9.69 Å². The Bertz CT molecular complexity index is 738. The molecule has 0 fully saturated rings. The quantitative estimate of drug-likeness (QED) is 0.895. The van der Waals surface area contributed by atoms with Crippen molar-refractivity contribution in [2.75, 3.05) is 20.6 Å². The molecule has 0 aliphatic rings. The molecule has 0 saturated heterocycles. The van der Waals surface area contributed by atoms with Crippen molar-refractivity contribution in [2.45, 2.75) is 4.90 Å².